The number of alkyl halides is 2. The van der Waals surface area contributed by atoms with Gasteiger partial charge < -0.3 is 10.5 Å². The molecule has 2 N–H and O–H groups in total. The van der Waals surface area contributed by atoms with Crippen molar-refractivity contribution in [3.8, 4) is 0 Å². The second-order valence-electron chi connectivity index (χ2n) is 4.19. The number of carbonyl (C=O) groups is 1. The molecule has 5 nitrogen and oxygen atoms in total. The molecule has 1 rings (SSSR count). The fraction of sp³-hybridized carbons (Fsp3) is 0.556. The maximum absolute atomic E-state index is 12.3. The minimum absolute atomic E-state index is 0.130. The average molecular weight is 233 g/mol. The first-order valence-corrected chi connectivity index (χ1v) is 4.57. The molecule has 0 amide bonds. The van der Waals surface area contributed by atoms with Crippen molar-refractivity contribution in [3.63, 3.8) is 0 Å². The van der Waals surface area contributed by atoms with Crippen LogP contribution in [0.4, 0.5) is 14.5 Å². The Morgan fingerprint density at radius 3 is 2.50 bits per heavy atom. The van der Waals surface area contributed by atoms with Gasteiger partial charge in [-0.05, 0) is 20.8 Å². The van der Waals surface area contributed by atoms with E-state index in [0.717, 1.165) is 6.20 Å². The largest absolute Gasteiger partial charge is 0.455 e. The summed E-state index contributed by atoms with van der Waals surface area (Å²) in [6.07, 6.45) is 0.893. The zero-order valence-electron chi connectivity index (χ0n) is 9.20. The van der Waals surface area contributed by atoms with E-state index >= 15 is 0 Å². The molecule has 1 heterocycles. The molecule has 0 saturated carbocycles. The van der Waals surface area contributed by atoms with Crippen LogP contribution in [0.15, 0.2) is 6.20 Å². The highest BCUT2D eigenvalue weighted by atomic mass is 19.3. The van der Waals surface area contributed by atoms with Crippen LogP contribution in [0.1, 0.15) is 37.8 Å². The van der Waals surface area contributed by atoms with Crippen LogP contribution in [-0.2, 0) is 4.74 Å². The Hall–Kier alpha value is -1.66. The first kappa shape index (κ1) is 12.4. The van der Waals surface area contributed by atoms with E-state index in [1.165, 1.54) is 0 Å². The van der Waals surface area contributed by atoms with Crippen LogP contribution < -0.4 is 5.73 Å². The Morgan fingerprint density at radius 1 is 1.56 bits per heavy atom. The number of hydrogen-bond acceptors (Lipinski definition) is 4. The lowest BCUT2D eigenvalue weighted by atomic mass is 10.2. The van der Waals surface area contributed by atoms with Crippen molar-refractivity contribution in [1.29, 1.82) is 0 Å². The molecule has 1 aromatic heterocycles. The van der Waals surface area contributed by atoms with E-state index in [2.05, 4.69) is 5.10 Å². The maximum atomic E-state index is 12.3. The number of aromatic nitrogens is 2. The van der Waals surface area contributed by atoms with Gasteiger partial charge in [0.1, 0.15) is 5.60 Å². The second-order valence-corrected chi connectivity index (χ2v) is 4.19. The number of anilines is 1. The number of nitrogens with zero attached hydrogens (tertiary/aromatic N) is 2. The Morgan fingerprint density at radius 2 is 2.12 bits per heavy atom. The normalized spacial score (nSPS) is 11.9. The molecule has 0 atom stereocenters. The van der Waals surface area contributed by atoms with E-state index in [4.69, 9.17) is 10.5 Å². The van der Waals surface area contributed by atoms with Gasteiger partial charge in [-0.25, -0.2) is 9.48 Å². The van der Waals surface area contributed by atoms with Crippen LogP contribution >= 0.6 is 0 Å². The van der Waals surface area contributed by atoms with Gasteiger partial charge in [0, 0.05) is 0 Å². The van der Waals surface area contributed by atoms with Crippen LogP contribution in [0, 0.1) is 0 Å². The Labute approximate surface area is 91.2 Å². The summed E-state index contributed by atoms with van der Waals surface area (Å²) in [7, 11) is 0. The molecule has 0 bridgehead atoms. The van der Waals surface area contributed by atoms with Gasteiger partial charge in [-0.1, -0.05) is 0 Å². The predicted molar refractivity (Wildman–Crippen MR) is 53.1 cm³/mol. The van der Waals surface area contributed by atoms with Crippen LogP contribution in [-0.4, -0.2) is 21.4 Å². The monoisotopic (exact) mass is 233 g/mol. The van der Waals surface area contributed by atoms with Crippen LogP contribution in [0.3, 0.4) is 0 Å². The van der Waals surface area contributed by atoms with Crippen molar-refractivity contribution < 1.29 is 18.3 Å². The third kappa shape index (κ3) is 2.91. The molecule has 1 aromatic rings. The van der Waals surface area contributed by atoms with Gasteiger partial charge in [-0.3, -0.25) is 0 Å². The fourth-order valence-electron chi connectivity index (χ4n) is 0.991. The Kier molecular flexibility index (Phi) is 3.16. The molecule has 7 heteroatoms. The Balaban J connectivity index is 2.92. The van der Waals surface area contributed by atoms with E-state index in [9.17, 15) is 13.6 Å². The minimum Gasteiger partial charge on any atom is -0.455 e. The molecule has 0 aliphatic carbocycles. The van der Waals surface area contributed by atoms with Crippen LogP contribution in [0.25, 0.3) is 0 Å². The van der Waals surface area contributed by atoms with Crippen molar-refractivity contribution in [2.24, 2.45) is 0 Å². The standard InChI is InChI=1S/C9H13F2N3O2/c1-9(2,3)16-7(15)6-5(12)4-14(13-6)8(10)11/h4,8H,12H2,1-3H3. The molecule has 0 aromatic carbocycles. The first-order chi connectivity index (χ1) is 7.20. The molecule has 0 aliphatic heterocycles. The van der Waals surface area contributed by atoms with Crippen molar-refractivity contribution in [3.05, 3.63) is 11.9 Å². The molecular weight excluding hydrogens is 220 g/mol. The summed E-state index contributed by atoms with van der Waals surface area (Å²) in [5.74, 6) is -0.815. The summed E-state index contributed by atoms with van der Waals surface area (Å²) in [4.78, 5) is 11.5. The highest BCUT2D eigenvalue weighted by Crippen LogP contribution is 2.18. The third-order valence-electron chi connectivity index (χ3n) is 1.55. The highest BCUT2D eigenvalue weighted by Gasteiger charge is 2.23. The number of halogens is 2. The van der Waals surface area contributed by atoms with Gasteiger partial charge in [-0.15, -0.1) is 0 Å². The average Bonchev–Trinajstić information content (AvgIpc) is 2.44. The zero-order valence-corrected chi connectivity index (χ0v) is 9.20. The highest BCUT2D eigenvalue weighted by molar-refractivity contribution is 5.92. The quantitative estimate of drug-likeness (QED) is 0.791. The van der Waals surface area contributed by atoms with Crippen molar-refractivity contribution in [2.75, 3.05) is 5.73 Å². The second kappa shape index (κ2) is 4.07. The summed E-state index contributed by atoms with van der Waals surface area (Å²) in [5, 5.41) is 3.36. The predicted octanol–water partition coefficient (Wildman–Crippen LogP) is 1.82. The summed E-state index contributed by atoms with van der Waals surface area (Å²) < 4.78 is 29.8. The number of ether oxygens (including phenoxy) is 1. The van der Waals surface area contributed by atoms with E-state index < -0.39 is 18.1 Å². The van der Waals surface area contributed by atoms with Crippen molar-refractivity contribution in [2.45, 2.75) is 32.9 Å². The third-order valence-corrected chi connectivity index (χ3v) is 1.55. The van der Waals surface area contributed by atoms with Gasteiger partial charge >= 0.3 is 12.5 Å². The molecule has 0 aliphatic rings. The SMILES string of the molecule is CC(C)(C)OC(=O)c1nn(C(F)F)cc1N. The molecular formula is C9H13F2N3O2. The van der Waals surface area contributed by atoms with E-state index in [1.807, 2.05) is 0 Å². The molecule has 90 valence electrons. The van der Waals surface area contributed by atoms with Crippen LogP contribution in [0.5, 0.6) is 0 Å². The molecule has 0 spiro atoms. The number of carbonyl (C=O) groups excluding carboxylic acids is 1. The van der Waals surface area contributed by atoms with Gasteiger partial charge in [0.05, 0.1) is 11.9 Å². The number of hydrogen-bond donors (Lipinski definition) is 1. The molecule has 0 radical (unpaired) electrons. The zero-order chi connectivity index (χ0) is 12.5. The van der Waals surface area contributed by atoms with Gasteiger partial charge in [-0.2, -0.15) is 13.9 Å². The van der Waals surface area contributed by atoms with E-state index in [-0.39, 0.29) is 11.4 Å². The maximum Gasteiger partial charge on any atom is 0.361 e. The lowest BCUT2D eigenvalue weighted by Crippen LogP contribution is -2.24. The molecule has 0 fully saturated rings. The first-order valence-electron chi connectivity index (χ1n) is 4.57. The Bertz CT molecular complexity index is 396. The lowest BCUT2D eigenvalue weighted by molar-refractivity contribution is 0.00579. The number of esters is 1. The summed E-state index contributed by atoms with van der Waals surface area (Å²) >= 11 is 0. The van der Waals surface area contributed by atoms with Gasteiger partial charge in [0.15, 0.2) is 5.69 Å². The van der Waals surface area contributed by atoms with Crippen molar-refractivity contribution >= 4 is 11.7 Å². The van der Waals surface area contributed by atoms with Gasteiger partial charge in [0.2, 0.25) is 0 Å². The topological polar surface area (TPSA) is 70.1 Å². The van der Waals surface area contributed by atoms with E-state index in [0.29, 0.717) is 4.68 Å². The summed E-state index contributed by atoms with van der Waals surface area (Å²) in [5.41, 5.74) is 4.23. The van der Waals surface area contributed by atoms with Gasteiger partial charge in [0.25, 0.3) is 0 Å². The number of rotatable bonds is 2. The number of nitrogens with two attached hydrogens (primary N) is 1. The molecule has 16 heavy (non-hydrogen) atoms. The van der Waals surface area contributed by atoms with Crippen molar-refractivity contribution in [1.82, 2.24) is 9.78 Å². The number of nitrogen functional groups attached to an aromatic ring is 1. The smallest absolute Gasteiger partial charge is 0.361 e. The fourth-order valence-corrected chi connectivity index (χ4v) is 0.991. The summed E-state index contributed by atoms with van der Waals surface area (Å²) in [6.45, 7) is 2.14. The summed E-state index contributed by atoms with van der Waals surface area (Å²) in [6, 6.07) is 0. The molecule has 0 unspecified atom stereocenters. The van der Waals surface area contributed by atoms with Crippen LogP contribution in [0.2, 0.25) is 0 Å². The molecule has 0 saturated heterocycles. The van der Waals surface area contributed by atoms with E-state index in [1.54, 1.807) is 20.8 Å². The minimum atomic E-state index is -2.83. The lowest BCUT2D eigenvalue weighted by Gasteiger charge is -2.18.